The molecule has 1 unspecified atom stereocenters. The Bertz CT molecular complexity index is 366. The first kappa shape index (κ1) is 10.0. The molecule has 1 heterocycles. The van der Waals surface area contributed by atoms with Crippen LogP contribution in [0.25, 0.3) is 0 Å². The molecule has 1 atom stereocenters. The molecule has 0 bridgehead atoms. The summed E-state index contributed by atoms with van der Waals surface area (Å²) in [4.78, 5) is 2.31. The van der Waals surface area contributed by atoms with Crippen LogP contribution in [0.4, 0.5) is 5.69 Å². The van der Waals surface area contributed by atoms with E-state index in [1.165, 1.54) is 5.69 Å². The SMILES string of the molecule is CC1COCCN1c1ccc(C#N)cc1. The number of hydrogen-bond acceptors (Lipinski definition) is 3. The molecule has 0 saturated carbocycles. The van der Waals surface area contributed by atoms with Gasteiger partial charge in [0.2, 0.25) is 0 Å². The van der Waals surface area contributed by atoms with Crippen LogP contribution in [0.2, 0.25) is 0 Å². The average molecular weight is 202 g/mol. The number of anilines is 1. The van der Waals surface area contributed by atoms with E-state index in [0.29, 0.717) is 11.6 Å². The summed E-state index contributed by atoms with van der Waals surface area (Å²) in [5.74, 6) is 0. The maximum absolute atomic E-state index is 8.71. The zero-order valence-electron chi connectivity index (χ0n) is 8.81. The fraction of sp³-hybridized carbons (Fsp3) is 0.417. The second-order valence-electron chi connectivity index (χ2n) is 3.78. The van der Waals surface area contributed by atoms with Gasteiger partial charge >= 0.3 is 0 Å². The maximum atomic E-state index is 8.71. The molecule has 1 aliphatic heterocycles. The van der Waals surface area contributed by atoms with Crippen molar-refractivity contribution in [3.63, 3.8) is 0 Å². The van der Waals surface area contributed by atoms with Gasteiger partial charge in [-0.2, -0.15) is 5.26 Å². The number of benzene rings is 1. The third kappa shape index (κ3) is 2.11. The van der Waals surface area contributed by atoms with E-state index in [-0.39, 0.29) is 0 Å². The molecular weight excluding hydrogens is 188 g/mol. The normalized spacial score (nSPS) is 21.1. The molecule has 0 N–H and O–H groups in total. The summed E-state index contributed by atoms with van der Waals surface area (Å²) in [5.41, 5.74) is 1.88. The summed E-state index contributed by atoms with van der Waals surface area (Å²) in [7, 11) is 0. The highest BCUT2D eigenvalue weighted by Gasteiger charge is 2.18. The average Bonchev–Trinajstić information content (AvgIpc) is 2.30. The lowest BCUT2D eigenvalue weighted by atomic mass is 10.1. The van der Waals surface area contributed by atoms with Crippen molar-refractivity contribution >= 4 is 5.69 Å². The zero-order chi connectivity index (χ0) is 10.7. The molecular formula is C12H14N2O. The van der Waals surface area contributed by atoms with Crippen molar-refractivity contribution in [2.45, 2.75) is 13.0 Å². The molecule has 1 fully saturated rings. The van der Waals surface area contributed by atoms with Crippen molar-refractivity contribution in [1.82, 2.24) is 0 Å². The van der Waals surface area contributed by atoms with Gasteiger partial charge in [0, 0.05) is 18.3 Å². The van der Waals surface area contributed by atoms with Gasteiger partial charge in [0.05, 0.1) is 24.8 Å². The lowest BCUT2D eigenvalue weighted by Crippen LogP contribution is -2.43. The van der Waals surface area contributed by atoms with E-state index in [0.717, 1.165) is 19.8 Å². The van der Waals surface area contributed by atoms with Crippen molar-refractivity contribution in [2.75, 3.05) is 24.7 Å². The molecule has 1 aliphatic rings. The first-order valence-electron chi connectivity index (χ1n) is 5.16. The largest absolute Gasteiger partial charge is 0.377 e. The van der Waals surface area contributed by atoms with Crippen molar-refractivity contribution in [3.8, 4) is 6.07 Å². The molecule has 78 valence electrons. The third-order valence-electron chi connectivity index (χ3n) is 2.70. The molecule has 0 amide bonds. The van der Waals surface area contributed by atoms with Crippen LogP contribution in [-0.4, -0.2) is 25.8 Å². The van der Waals surface area contributed by atoms with Crippen LogP contribution in [0, 0.1) is 11.3 Å². The summed E-state index contributed by atoms with van der Waals surface area (Å²) in [6.45, 7) is 4.63. The summed E-state index contributed by atoms with van der Waals surface area (Å²) in [5, 5.41) is 8.71. The summed E-state index contributed by atoms with van der Waals surface area (Å²) < 4.78 is 5.38. The monoisotopic (exact) mass is 202 g/mol. The van der Waals surface area contributed by atoms with Crippen LogP contribution in [0.15, 0.2) is 24.3 Å². The number of rotatable bonds is 1. The van der Waals surface area contributed by atoms with Crippen LogP contribution in [0.5, 0.6) is 0 Å². The number of nitrogens with zero attached hydrogens (tertiary/aromatic N) is 2. The minimum absolute atomic E-state index is 0.409. The molecule has 1 aromatic carbocycles. The molecule has 0 radical (unpaired) electrons. The van der Waals surface area contributed by atoms with Gasteiger partial charge in [0.15, 0.2) is 0 Å². The van der Waals surface area contributed by atoms with Crippen LogP contribution < -0.4 is 4.90 Å². The molecule has 0 aliphatic carbocycles. The van der Waals surface area contributed by atoms with E-state index in [9.17, 15) is 0 Å². The molecule has 2 rings (SSSR count). The highest BCUT2D eigenvalue weighted by atomic mass is 16.5. The Kier molecular flexibility index (Phi) is 2.89. The van der Waals surface area contributed by atoms with E-state index in [4.69, 9.17) is 10.00 Å². The number of hydrogen-bond donors (Lipinski definition) is 0. The highest BCUT2D eigenvalue weighted by Crippen LogP contribution is 2.19. The minimum atomic E-state index is 0.409. The number of nitriles is 1. The zero-order valence-corrected chi connectivity index (χ0v) is 8.81. The standard InChI is InChI=1S/C12H14N2O/c1-10-9-15-7-6-14(10)12-4-2-11(8-13)3-5-12/h2-5,10H,6-7,9H2,1H3. The molecule has 3 heteroatoms. The summed E-state index contributed by atoms with van der Waals surface area (Å²) in [6, 6.07) is 10.3. The topological polar surface area (TPSA) is 36.3 Å². The predicted molar refractivity (Wildman–Crippen MR) is 58.8 cm³/mol. The van der Waals surface area contributed by atoms with E-state index in [2.05, 4.69) is 17.9 Å². The van der Waals surface area contributed by atoms with Gasteiger partial charge in [0.1, 0.15) is 0 Å². The fourth-order valence-electron chi connectivity index (χ4n) is 1.84. The Labute approximate surface area is 89.9 Å². The Morgan fingerprint density at radius 2 is 2.13 bits per heavy atom. The lowest BCUT2D eigenvalue weighted by molar-refractivity contribution is 0.0989. The van der Waals surface area contributed by atoms with E-state index in [1.54, 1.807) is 0 Å². The number of ether oxygens (including phenoxy) is 1. The smallest absolute Gasteiger partial charge is 0.0991 e. The van der Waals surface area contributed by atoms with Crippen LogP contribution in [-0.2, 0) is 4.74 Å². The van der Waals surface area contributed by atoms with Crippen LogP contribution >= 0.6 is 0 Å². The van der Waals surface area contributed by atoms with Gasteiger partial charge in [-0.05, 0) is 31.2 Å². The Balaban J connectivity index is 2.18. The quantitative estimate of drug-likeness (QED) is 0.696. The van der Waals surface area contributed by atoms with Gasteiger partial charge in [-0.15, -0.1) is 0 Å². The van der Waals surface area contributed by atoms with Gasteiger partial charge in [-0.3, -0.25) is 0 Å². The highest BCUT2D eigenvalue weighted by molar-refractivity contribution is 5.50. The first-order valence-corrected chi connectivity index (χ1v) is 5.16. The van der Waals surface area contributed by atoms with Crippen LogP contribution in [0.1, 0.15) is 12.5 Å². The summed E-state index contributed by atoms with van der Waals surface area (Å²) in [6.07, 6.45) is 0. The van der Waals surface area contributed by atoms with Gasteiger partial charge in [-0.25, -0.2) is 0 Å². The van der Waals surface area contributed by atoms with Crippen molar-refractivity contribution in [1.29, 1.82) is 5.26 Å². The van der Waals surface area contributed by atoms with Crippen molar-refractivity contribution in [3.05, 3.63) is 29.8 Å². The van der Waals surface area contributed by atoms with E-state index < -0.39 is 0 Å². The van der Waals surface area contributed by atoms with Gasteiger partial charge in [-0.1, -0.05) is 0 Å². The lowest BCUT2D eigenvalue weighted by Gasteiger charge is -2.35. The van der Waals surface area contributed by atoms with Gasteiger partial charge < -0.3 is 9.64 Å². The van der Waals surface area contributed by atoms with Crippen molar-refractivity contribution < 1.29 is 4.74 Å². The second kappa shape index (κ2) is 4.33. The Morgan fingerprint density at radius 1 is 1.40 bits per heavy atom. The molecule has 0 aromatic heterocycles. The first-order chi connectivity index (χ1) is 7.31. The van der Waals surface area contributed by atoms with Crippen molar-refractivity contribution in [2.24, 2.45) is 0 Å². The van der Waals surface area contributed by atoms with E-state index in [1.807, 2.05) is 24.3 Å². The molecule has 1 saturated heterocycles. The molecule has 1 aromatic rings. The Morgan fingerprint density at radius 3 is 2.73 bits per heavy atom. The molecule has 3 nitrogen and oxygen atoms in total. The fourth-order valence-corrected chi connectivity index (χ4v) is 1.84. The Hall–Kier alpha value is -1.53. The van der Waals surface area contributed by atoms with Gasteiger partial charge in [0.25, 0.3) is 0 Å². The molecule has 15 heavy (non-hydrogen) atoms. The maximum Gasteiger partial charge on any atom is 0.0991 e. The number of morpholine rings is 1. The third-order valence-corrected chi connectivity index (χ3v) is 2.70. The minimum Gasteiger partial charge on any atom is -0.377 e. The molecule has 0 spiro atoms. The van der Waals surface area contributed by atoms with E-state index >= 15 is 0 Å². The predicted octanol–water partition coefficient (Wildman–Crippen LogP) is 1.78. The summed E-state index contributed by atoms with van der Waals surface area (Å²) >= 11 is 0. The second-order valence-corrected chi connectivity index (χ2v) is 3.78. The van der Waals surface area contributed by atoms with Crippen LogP contribution in [0.3, 0.4) is 0 Å².